The maximum absolute atomic E-state index is 12.8. The molecule has 2 amide bonds. The quantitative estimate of drug-likeness (QED) is 0.722. The van der Waals surface area contributed by atoms with Crippen LogP contribution in [0.25, 0.3) is 0 Å². The molecule has 1 atom stereocenters. The average molecular weight is 322 g/mol. The second-order valence-corrected chi connectivity index (χ2v) is 5.68. The molecule has 0 aliphatic carbocycles. The number of nitrogens with zero attached hydrogens (tertiary/aromatic N) is 2. The first-order valence-corrected chi connectivity index (χ1v) is 7.99. The minimum Gasteiger partial charge on any atom is -0.494 e. The Morgan fingerprint density at radius 3 is 2.57 bits per heavy atom. The molecule has 0 unspecified atom stereocenters. The lowest BCUT2D eigenvalue weighted by atomic mass is 10.1. The summed E-state index contributed by atoms with van der Waals surface area (Å²) in [6.45, 7) is 5.43. The molecule has 126 valence electrons. The zero-order valence-corrected chi connectivity index (χ0v) is 13.6. The molecule has 1 aromatic rings. The number of halogens is 1. The highest BCUT2D eigenvalue weighted by Crippen LogP contribution is 2.14. The van der Waals surface area contributed by atoms with Crippen molar-refractivity contribution < 1.29 is 18.7 Å². The van der Waals surface area contributed by atoms with Crippen LogP contribution in [0.2, 0.25) is 0 Å². The second-order valence-electron chi connectivity index (χ2n) is 5.68. The molecule has 1 fully saturated rings. The Hall–Kier alpha value is -2.11. The Bertz CT molecular complexity index is 547. The van der Waals surface area contributed by atoms with Crippen molar-refractivity contribution in [3.8, 4) is 5.75 Å². The number of piperazine rings is 1. The monoisotopic (exact) mass is 322 g/mol. The van der Waals surface area contributed by atoms with Gasteiger partial charge in [0.2, 0.25) is 11.8 Å². The van der Waals surface area contributed by atoms with E-state index in [1.807, 2.05) is 6.92 Å². The third-order valence-corrected chi connectivity index (χ3v) is 3.90. The molecule has 0 spiro atoms. The largest absolute Gasteiger partial charge is 0.494 e. The van der Waals surface area contributed by atoms with E-state index in [2.05, 4.69) is 0 Å². The summed E-state index contributed by atoms with van der Waals surface area (Å²) in [5, 5.41) is 0. The third-order valence-electron chi connectivity index (χ3n) is 3.90. The molecule has 1 heterocycles. The van der Waals surface area contributed by atoms with E-state index in [1.54, 1.807) is 28.9 Å². The van der Waals surface area contributed by atoms with E-state index in [0.29, 0.717) is 31.9 Å². The molecule has 1 aliphatic heterocycles. The average Bonchev–Trinajstić information content (AvgIpc) is 2.53. The molecule has 2 rings (SSSR count). The third kappa shape index (κ3) is 4.43. The second kappa shape index (κ2) is 7.94. The van der Waals surface area contributed by atoms with Crippen LogP contribution in [0.3, 0.4) is 0 Å². The minimum absolute atomic E-state index is 0.00547. The van der Waals surface area contributed by atoms with Gasteiger partial charge >= 0.3 is 0 Å². The van der Waals surface area contributed by atoms with Crippen LogP contribution in [-0.4, -0.2) is 53.9 Å². The minimum atomic E-state index is -0.423. The lowest BCUT2D eigenvalue weighted by molar-refractivity contribution is -0.155. The number of carbonyl (C=O) groups excluding carboxylic acids is 2. The first kappa shape index (κ1) is 17.2. The lowest BCUT2D eigenvalue weighted by Gasteiger charge is -2.38. The van der Waals surface area contributed by atoms with Crippen molar-refractivity contribution in [2.24, 2.45) is 0 Å². The van der Waals surface area contributed by atoms with Crippen LogP contribution in [-0.2, 0) is 9.59 Å². The van der Waals surface area contributed by atoms with Crippen LogP contribution in [0.4, 0.5) is 4.39 Å². The summed E-state index contributed by atoms with van der Waals surface area (Å²) in [6.07, 6.45) is 1.46. The van der Waals surface area contributed by atoms with Gasteiger partial charge in [0, 0.05) is 13.1 Å². The molecular weight excluding hydrogens is 299 g/mol. The highest BCUT2D eigenvalue weighted by Gasteiger charge is 2.35. The summed E-state index contributed by atoms with van der Waals surface area (Å²) in [6, 6.07) is 5.39. The van der Waals surface area contributed by atoms with Crippen molar-refractivity contribution in [2.45, 2.75) is 32.7 Å². The first-order chi connectivity index (χ1) is 11.0. The molecule has 1 aromatic carbocycles. The smallest absolute Gasteiger partial charge is 0.245 e. The van der Waals surface area contributed by atoms with Gasteiger partial charge in [0.1, 0.15) is 17.6 Å². The molecule has 5 nitrogen and oxygen atoms in total. The molecular formula is C17H23FN2O3. The topological polar surface area (TPSA) is 49.9 Å². The highest BCUT2D eigenvalue weighted by molar-refractivity contribution is 5.94. The van der Waals surface area contributed by atoms with Crippen LogP contribution in [0.5, 0.6) is 5.75 Å². The van der Waals surface area contributed by atoms with E-state index in [1.165, 1.54) is 12.1 Å². The molecule has 1 saturated heterocycles. The number of hydrogen-bond acceptors (Lipinski definition) is 3. The normalized spacial score (nSPS) is 18.5. The predicted octanol–water partition coefficient (Wildman–Crippen LogP) is 2.06. The number of rotatable bonds is 7. The van der Waals surface area contributed by atoms with Gasteiger partial charge in [-0.1, -0.05) is 6.92 Å². The van der Waals surface area contributed by atoms with Crippen LogP contribution >= 0.6 is 0 Å². The Balaban J connectivity index is 1.79. The van der Waals surface area contributed by atoms with E-state index < -0.39 is 6.04 Å². The van der Waals surface area contributed by atoms with Crippen molar-refractivity contribution in [2.75, 3.05) is 26.2 Å². The molecule has 0 radical (unpaired) electrons. The Labute approximate surface area is 136 Å². The number of carbonyl (C=O) groups is 2. The zero-order valence-electron chi connectivity index (χ0n) is 13.6. The maximum atomic E-state index is 12.8. The molecule has 0 N–H and O–H groups in total. The van der Waals surface area contributed by atoms with Gasteiger partial charge in [0.25, 0.3) is 0 Å². The summed E-state index contributed by atoms with van der Waals surface area (Å²) in [5.41, 5.74) is 0. The zero-order chi connectivity index (χ0) is 16.8. The van der Waals surface area contributed by atoms with Gasteiger partial charge in [-0.15, -0.1) is 0 Å². The van der Waals surface area contributed by atoms with Crippen LogP contribution in [0, 0.1) is 5.82 Å². The van der Waals surface area contributed by atoms with Crippen molar-refractivity contribution in [3.05, 3.63) is 30.1 Å². The number of amides is 2. The SMILES string of the molecule is CCCN1CC(=O)N(CCCOc2ccc(F)cc2)[C@H](C)C1=O. The molecule has 0 bridgehead atoms. The summed E-state index contributed by atoms with van der Waals surface area (Å²) >= 11 is 0. The van der Waals surface area contributed by atoms with Gasteiger partial charge in [0.05, 0.1) is 13.2 Å². The summed E-state index contributed by atoms with van der Waals surface area (Å²) in [5.74, 6) is 0.271. The fourth-order valence-electron chi connectivity index (χ4n) is 2.68. The van der Waals surface area contributed by atoms with E-state index >= 15 is 0 Å². The standard InChI is InChI=1S/C17H23FN2O3/c1-3-9-19-12-16(21)20(13(2)17(19)22)10-4-11-23-15-7-5-14(18)6-8-15/h5-8,13H,3-4,9-12H2,1-2H3/t13-/m1/s1. The van der Waals surface area contributed by atoms with Crippen molar-refractivity contribution in [3.63, 3.8) is 0 Å². The molecule has 23 heavy (non-hydrogen) atoms. The van der Waals surface area contributed by atoms with Crippen LogP contribution in [0.1, 0.15) is 26.7 Å². The molecule has 0 saturated carbocycles. The van der Waals surface area contributed by atoms with Gasteiger partial charge in [-0.25, -0.2) is 4.39 Å². The van der Waals surface area contributed by atoms with Gasteiger partial charge < -0.3 is 14.5 Å². The fraction of sp³-hybridized carbons (Fsp3) is 0.529. The van der Waals surface area contributed by atoms with Crippen LogP contribution in [0.15, 0.2) is 24.3 Å². The summed E-state index contributed by atoms with van der Waals surface area (Å²) in [4.78, 5) is 27.6. The highest BCUT2D eigenvalue weighted by atomic mass is 19.1. The Morgan fingerprint density at radius 2 is 1.91 bits per heavy atom. The van der Waals surface area contributed by atoms with E-state index in [9.17, 15) is 14.0 Å². The Morgan fingerprint density at radius 1 is 1.22 bits per heavy atom. The van der Waals surface area contributed by atoms with E-state index in [-0.39, 0.29) is 24.2 Å². The van der Waals surface area contributed by atoms with Crippen molar-refractivity contribution in [1.29, 1.82) is 0 Å². The summed E-state index contributed by atoms with van der Waals surface area (Å²) < 4.78 is 18.3. The molecule has 1 aliphatic rings. The van der Waals surface area contributed by atoms with Crippen molar-refractivity contribution >= 4 is 11.8 Å². The first-order valence-electron chi connectivity index (χ1n) is 7.99. The lowest BCUT2D eigenvalue weighted by Crippen LogP contribution is -2.59. The Kier molecular flexibility index (Phi) is 5.96. The predicted molar refractivity (Wildman–Crippen MR) is 84.6 cm³/mol. The fourth-order valence-corrected chi connectivity index (χ4v) is 2.68. The van der Waals surface area contributed by atoms with Gasteiger partial charge in [-0.05, 0) is 44.0 Å². The molecule has 6 heteroatoms. The van der Waals surface area contributed by atoms with Gasteiger partial charge in [-0.3, -0.25) is 9.59 Å². The van der Waals surface area contributed by atoms with Gasteiger partial charge in [-0.2, -0.15) is 0 Å². The van der Waals surface area contributed by atoms with E-state index in [0.717, 1.165) is 6.42 Å². The number of hydrogen-bond donors (Lipinski definition) is 0. The maximum Gasteiger partial charge on any atom is 0.245 e. The molecule has 0 aromatic heterocycles. The summed E-state index contributed by atoms with van der Waals surface area (Å²) in [7, 11) is 0. The van der Waals surface area contributed by atoms with Crippen LogP contribution < -0.4 is 4.74 Å². The number of ether oxygens (including phenoxy) is 1. The van der Waals surface area contributed by atoms with E-state index in [4.69, 9.17) is 4.74 Å². The number of benzene rings is 1. The van der Waals surface area contributed by atoms with Crippen molar-refractivity contribution in [1.82, 2.24) is 9.80 Å². The van der Waals surface area contributed by atoms with Gasteiger partial charge in [0.15, 0.2) is 0 Å².